The molecule has 0 aliphatic rings. The molecule has 2 aromatic carbocycles. The summed E-state index contributed by atoms with van der Waals surface area (Å²) in [6.45, 7) is 2.64. The quantitative estimate of drug-likeness (QED) is 0.234. The lowest BCUT2D eigenvalue weighted by atomic mass is 10.1. The van der Waals surface area contributed by atoms with Crippen molar-refractivity contribution in [3.8, 4) is 5.75 Å². The van der Waals surface area contributed by atoms with Crippen molar-refractivity contribution in [1.29, 1.82) is 0 Å². The number of unbranched alkanes of at least 4 members (excludes halogenated alkanes) is 6. The van der Waals surface area contributed by atoms with Gasteiger partial charge in [-0.3, -0.25) is 9.59 Å². The first-order chi connectivity index (χ1) is 15.7. The number of hydrogen-bond donors (Lipinski definition) is 2. The number of carbonyl (C=O) groups is 2. The molecule has 32 heavy (non-hydrogen) atoms. The van der Waals surface area contributed by atoms with E-state index in [0.717, 1.165) is 29.7 Å². The van der Waals surface area contributed by atoms with E-state index in [-0.39, 0.29) is 18.4 Å². The Balaban J connectivity index is 1.57. The van der Waals surface area contributed by atoms with Gasteiger partial charge in [-0.15, -0.1) is 0 Å². The Bertz CT molecular complexity index is 820. The van der Waals surface area contributed by atoms with Gasteiger partial charge >= 0.3 is 0 Å². The van der Waals surface area contributed by atoms with Crippen LogP contribution in [0.5, 0.6) is 5.75 Å². The van der Waals surface area contributed by atoms with Crippen LogP contribution in [0.2, 0.25) is 0 Å². The van der Waals surface area contributed by atoms with Crippen molar-refractivity contribution in [1.82, 2.24) is 10.7 Å². The van der Waals surface area contributed by atoms with Crippen LogP contribution in [-0.4, -0.2) is 24.6 Å². The van der Waals surface area contributed by atoms with E-state index in [1.807, 2.05) is 54.6 Å². The number of benzene rings is 2. The number of nitrogens with zero attached hydrogens (tertiary/aromatic N) is 1. The molecule has 2 N–H and O–H groups in total. The first-order valence-corrected chi connectivity index (χ1v) is 11.5. The second-order valence-electron chi connectivity index (χ2n) is 7.78. The van der Waals surface area contributed by atoms with Gasteiger partial charge in [0, 0.05) is 6.42 Å². The molecule has 0 radical (unpaired) electrons. The van der Waals surface area contributed by atoms with Gasteiger partial charge in [-0.05, 0) is 41.8 Å². The molecule has 0 saturated heterocycles. The first-order valence-electron chi connectivity index (χ1n) is 11.5. The Morgan fingerprint density at radius 2 is 1.56 bits per heavy atom. The highest BCUT2D eigenvalue weighted by Gasteiger charge is 2.04. The van der Waals surface area contributed by atoms with Crippen molar-refractivity contribution in [3.63, 3.8) is 0 Å². The van der Waals surface area contributed by atoms with Gasteiger partial charge in [0.25, 0.3) is 5.91 Å². The molecular weight excluding hydrogens is 402 g/mol. The van der Waals surface area contributed by atoms with Crippen LogP contribution in [-0.2, 0) is 16.2 Å². The van der Waals surface area contributed by atoms with Gasteiger partial charge < -0.3 is 10.1 Å². The first kappa shape index (κ1) is 25.1. The van der Waals surface area contributed by atoms with Crippen LogP contribution in [0.15, 0.2) is 59.7 Å². The van der Waals surface area contributed by atoms with E-state index in [1.54, 1.807) is 6.21 Å². The number of ether oxygens (including phenoxy) is 1. The zero-order valence-corrected chi connectivity index (χ0v) is 19.0. The number of hydrazone groups is 1. The molecule has 0 bridgehead atoms. The van der Waals surface area contributed by atoms with Gasteiger partial charge in [-0.25, -0.2) is 5.43 Å². The fourth-order valence-corrected chi connectivity index (χ4v) is 3.12. The van der Waals surface area contributed by atoms with Crippen LogP contribution >= 0.6 is 0 Å². The van der Waals surface area contributed by atoms with Crippen LogP contribution in [0.3, 0.4) is 0 Å². The summed E-state index contributed by atoms with van der Waals surface area (Å²) < 4.78 is 5.75. The van der Waals surface area contributed by atoms with Crippen LogP contribution in [0, 0.1) is 0 Å². The maximum absolute atomic E-state index is 11.8. The molecule has 2 rings (SSSR count). The number of nitrogens with one attached hydrogen (secondary N) is 2. The van der Waals surface area contributed by atoms with E-state index in [1.165, 1.54) is 32.1 Å². The Labute approximate surface area is 191 Å². The average Bonchev–Trinajstić information content (AvgIpc) is 2.82. The molecule has 0 aromatic heterocycles. The molecule has 6 nitrogen and oxygen atoms in total. The van der Waals surface area contributed by atoms with Gasteiger partial charge in [0.15, 0.2) is 0 Å². The molecule has 0 unspecified atom stereocenters. The maximum Gasteiger partial charge on any atom is 0.259 e. The number of amides is 2. The average molecular weight is 438 g/mol. The van der Waals surface area contributed by atoms with Gasteiger partial charge in [0.05, 0.1) is 12.8 Å². The Kier molecular flexibility index (Phi) is 12.3. The normalized spacial score (nSPS) is 10.8. The molecule has 0 saturated carbocycles. The highest BCUT2D eigenvalue weighted by Crippen LogP contribution is 2.13. The molecule has 2 aromatic rings. The molecule has 0 aliphatic carbocycles. The van der Waals surface area contributed by atoms with E-state index in [2.05, 4.69) is 22.8 Å². The van der Waals surface area contributed by atoms with Gasteiger partial charge in [-0.2, -0.15) is 5.10 Å². The zero-order chi connectivity index (χ0) is 22.9. The Hall–Kier alpha value is -3.15. The van der Waals surface area contributed by atoms with E-state index >= 15 is 0 Å². The van der Waals surface area contributed by atoms with Crippen LogP contribution in [0.25, 0.3) is 0 Å². The fraction of sp³-hybridized carbons (Fsp3) is 0.423. The summed E-state index contributed by atoms with van der Waals surface area (Å²) in [6.07, 6.45) is 10.1. The predicted molar refractivity (Wildman–Crippen MR) is 129 cm³/mol. The SMILES string of the molecule is CCCCCCCCCC(=O)NCC(=O)NN=Cc1ccc(OCc2ccccc2)cc1. The number of hydrogen-bond acceptors (Lipinski definition) is 4. The van der Waals surface area contributed by atoms with Crippen molar-refractivity contribution >= 4 is 18.0 Å². The standard InChI is InChI=1S/C26H35N3O3/c1-2-3-4-5-6-7-11-14-25(30)27-20-26(31)29-28-19-22-15-17-24(18-16-22)32-21-23-12-9-8-10-13-23/h8-10,12-13,15-19H,2-7,11,14,20-21H2,1H3,(H,27,30)(H,29,31). The van der Waals surface area contributed by atoms with Crippen LogP contribution in [0.1, 0.15) is 69.4 Å². The molecule has 172 valence electrons. The summed E-state index contributed by atoms with van der Waals surface area (Å²) in [5.41, 5.74) is 4.37. The second-order valence-corrected chi connectivity index (χ2v) is 7.78. The van der Waals surface area contributed by atoms with E-state index in [0.29, 0.717) is 13.0 Å². The monoisotopic (exact) mass is 437 g/mol. The molecule has 0 fully saturated rings. The minimum Gasteiger partial charge on any atom is -0.489 e. The van der Waals surface area contributed by atoms with Gasteiger partial charge in [0.1, 0.15) is 12.4 Å². The third-order valence-electron chi connectivity index (χ3n) is 4.98. The smallest absolute Gasteiger partial charge is 0.259 e. The van der Waals surface area contributed by atoms with Crippen molar-refractivity contribution in [2.24, 2.45) is 5.10 Å². The number of carbonyl (C=O) groups excluding carboxylic acids is 2. The van der Waals surface area contributed by atoms with Crippen molar-refractivity contribution in [3.05, 3.63) is 65.7 Å². The lowest BCUT2D eigenvalue weighted by Gasteiger charge is -2.06. The van der Waals surface area contributed by atoms with Crippen LogP contribution < -0.4 is 15.5 Å². The van der Waals surface area contributed by atoms with Crippen molar-refractivity contribution in [2.45, 2.75) is 64.9 Å². The lowest BCUT2D eigenvalue weighted by Crippen LogP contribution is -2.34. The highest BCUT2D eigenvalue weighted by molar-refractivity contribution is 5.86. The van der Waals surface area contributed by atoms with Gasteiger partial charge in [-0.1, -0.05) is 75.8 Å². The molecule has 0 heterocycles. The molecule has 2 amide bonds. The largest absolute Gasteiger partial charge is 0.489 e. The van der Waals surface area contributed by atoms with Crippen LogP contribution in [0.4, 0.5) is 0 Å². The highest BCUT2D eigenvalue weighted by atomic mass is 16.5. The van der Waals surface area contributed by atoms with E-state index < -0.39 is 0 Å². The fourth-order valence-electron chi connectivity index (χ4n) is 3.12. The maximum atomic E-state index is 11.8. The van der Waals surface area contributed by atoms with Crippen molar-refractivity contribution in [2.75, 3.05) is 6.54 Å². The minimum atomic E-state index is -0.350. The lowest BCUT2D eigenvalue weighted by molar-refractivity contribution is -0.126. The summed E-state index contributed by atoms with van der Waals surface area (Å²) in [5.74, 6) is 0.319. The van der Waals surface area contributed by atoms with E-state index in [9.17, 15) is 9.59 Å². The summed E-state index contributed by atoms with van der Waals surface area (Å²) in [7, 11) is 0. The minimum absolute atomic E-state index is 0.0705. The summed E-state index contributed by atoms with van der Waals surface area (Å²) in [5, 5.41) is 6.57. The molecular formula is C26H35N3O3. The third-order valence-corrected chi connectivity index (χ3v) is 4.98. The Morgan fingerprint density at radius 1 is 0.875 bits per heavy atom. The summed E-state index contributed by atoms with van der Waals surface area (Å²) >= 11 is 0. The summed E-state index contributed by atoms with van der Waals surface area (Å²) in [6, 6.07) is 17.4. The predicted octanol–water partition coefficient (Wildman–Crippen LogP) is 4.97. The van der Waals surface area contributed by atoms with Gasteiger partial charge in [0.2, 0.25) is 5.91 Å². The zero-order valence-electron chi connectivity index (χ0n) is 19.0. The molecule has 0 aliphatic heterocycles. The molecule has 6 heteroatoms. The summed E-state index contributed by atoms with van der Waals surface area (Å²) in [4.78, 5) is 23.6. The Morgan fingerprint density at radius 3 is 2.28 bits per heavy atom. The molecule has 0 atom stereocenters. The molecule has 0 spiro atoms. The second kappa shape index (κ2) is 15.6. The van der Waals surface area contributed by atoms with Crippen molar-refractivity contribution < 1.29 is 14.3 Å². The van der Waals surface area contributed by atoms with E-state index in [4.69, 9.17) is 4.74 Å². The third kappa shape index (κ3) is 11.3. The number of rotatable bonds is 15. The topological polar surface area (TPSA) is 79.8 Å².